The highest BCUT2D eigenvalue weighted by atomic mass is 19.4. The number of benzene rings is 1. The fraction of sp³-hybridized carbons (Fsp3) is 0.583. The molecule has 1 aromatic heterocycles. The molecule has 0 spiro atoms. The number of ether oxygens (including phenoxy) is 2. The zero-order chi connectivity index (χ0) is 24.3. The van der Waals surface area contributed by atoms with Crippen molar-refractivity contribution in [3.05, 3.63) is 47.5 Å². The van der Waals surface area contributed by atoms with Gasteiger partial charge in [-0.1, -0.05) is 26.0 Å². The highest BCUT2D eigenvalue weighted by Crippen LogP contribution is 2.36. The summed E-state index contributed by atoms with van der Waals surface area (Å²) < 4.78 is 47.0. The van der Waals surface area contributed by atoms with Crippen molar-refractivity contribution in [1.29, 1.82) is 0 Å². The number of hydrogen-bond acceptors (Lipinski definition) is 4. The van der Waals surface area contributed by atoms with Gasteiger partial charge in [0.2, 0.25) is 0 Å². The van der Waals surface area contributed by atoms with Crippen molar-refractivity contribution in [2.24, 2.45) is 5.92 Å². The Balaban J connectivity index is 1.55. The molecular weight excluding hydrogens is 449 g/mol. The lowest BCUT2D eigenvalue weighted by Crippen LogP contribution is -2.52. The molecule has 4 rings (SSSR count). The molecule has 0 saturated carbocycles. The molecule has 2 unspecified atom stereocenters. The molecule has 0 aliphatic carbocycles. The average Bonchev–Trinajstić information content (AvgIpc) is 3.26. The third-order valence-electron chi connectivity index (χ3n) is 6.25. The lowest BCUT2D eigenvalue weighted by atomic mass is 9.84. The molecule has 2 aromatic rings. The summed E-state index contributed by atoms with van der Waals surface area (Å²) in [6.07, 6.45) is -1.25. The van der Waals surface area contributed by atoms with Gasteiger partial charge in [-0.3, -0.25) is 0 Å². The van der Waals surface area contributed by atoms with E-state index in [-0.39, 0.29) is 23.6 Å². The third kappa shape index (κ3) is 6.22. The number of carbonyl (C=O) groups is 1. The summed E-state index contributed by atoms with van der Waals surface area (Å²) in [4.78, 5) is 25.0. The Morgan fingerprint density at radius 1 is 1.15 bits per heavy atom. The van der Waals surface area contributed by atoms with Crippen LogP contribution in [0.2, 0.25) is 0 Å². The summed E-state index contributed by atoms with van der Waals surface area (Å²) in [5.41, 5.74) is 1.93. The van der Waals surface area contributed by atoms with E-state index in [2.05, 4.69) is 28.6 Å². The molecule has 2 fully saturated rings. The summed E-state index contributed by atoms with van der Waals surface area (Å²) in [7, 11) is 0. The zero-order valence-corrected chi connectivity index (χ0v) is 19.5. The van der Waals surface area contributed by atoms with Crippen LogP contribution < -0.4 is 4.74 Å². The summed E-state index contributed by atoms with van der Waals surface area (Å²) in [5.74, 6) is 1.04. The van der Waals surface area contributed by atoms with E-state index in [4.69, 9.17) is 4.74 Å². The number of piperidine rings is 1. The van der Waals surface area contributed by atoms with Crippen molar-refractivity contribution in [2.45, 2.75) is 44.9 Å². The van der Waals surface area contributed by atoms with E-state index in [1.54, 1.807) is 17.0 Å². The molecule has 2 aliphatic heterocycles. The van der Waals surface area contributed by atoms with Crippen LogP contribution in [0, 0.1) is 5.92 Å². The number of aromatic nitrogens is 2. The standard InChI is InChI=1S/C24H31F3N4O3/c1-16(2)11-20-13-28-22(29-20)19-12-18(17-3-5-21(6-4-17)34-24(25,26)27)14-31(15-19)23(32)30-7-9-33-10-8-30/h3-6,13,16,18-19H,7-12,14-15H2,1-2H3,(H,28,29). The number of nitrogens with zero attached hydrogens (tertiary/aromatic N) is 3. The van der Waals surface area contributed by atoms with Gasteiger partial charge in [0.1, 0.15) is 11.6 Å². The number of morpholine rings is 1. The van der Waals surface area contributed by atoms with Crippen LogP contribution in [0.15, 0.2) is 30.5 Å². The minimum absolute atomic E-state index is 0.00393. The van der Waals surface area contributed by atoms with Gasteiger partial charge in [0.25, 0.3) is 0 Å². The lowest BCUT2D eigenvalue weighted by molar-refractivity contribution is -0.274. The molecule has 10 heteroatoms. The highest BCUT2D eigenvalue weighted by Gasteiger charge is 2.36. The maximum absolute atomic E-state index is 13.3. The molecule has 2 aliphatic rings. The van der Waals surface area contributed by atoms with E-state index < -0.39 is 6.36 Å². The maximum atomic E-state index is 13.3. The van der Waals surface area contributed by atoms with Gasteiger partial charge in [-0.2, -0.15) is 0 Å². The minimum atomic E-state index is -4.73. The molecule has 3 heterocycles. The molecule has 0 radical (unpaired) electrons. The van der Waals surface area contributed by atoms with E-state index in [1.165, 1.54) is 12.1 Å². The Labute approximate surface area is 197 Å². The van der Waals surface area contributed by atoms with Gasteiger partial charge >= 0.3 is 12.4 Å². The van der Waals surface area contributed by atoms with Crippen molar-refractivity contribution in [3.63, 3.8) is 0 Å². The predicted molar refractivity (Wildman–Crippen MR) is 120 cm³/mol. The second-order valence-electron chi connectivity index (χ2n) is 9.43. The van der Waals surface area contributed by atoms with Crippen molar-refractivity contribution < 1.29 is 27.4 Å². The van der Waals surface area contributed by atoms with Gasteiger partial charge in [0, 0.05) is 49.9 Å². The van der Waals surface area contributed by atoms with Gasteiger partial charge in [0.05, 0.1) is 13.2 Å². The molecule has 2 saturated heterocycles. The second kappa shape index (κ2) is 10.2. The monoisotopic (exact) mass is 480 g/mol. The molecule has 0 bridgehead atoms. The minimum Gasteiger partial charge on any atom is -0.406 e. The SMILES string of the molecule is CC(C)Cc1cnc(C2CC(c3ccc(OC(F)(F)F)cc3)CN(C(=O)N3CCOCC3)C2)[nH]1. The average molecular weight is 481 g/mol. The van der Waals surface area contributed by atoms with Crippen LogP contribution in [-0.4, -0.2) is 71.6 Å². The Bertz CT molecular complexity index is 955. The van der Waals surface area contributed by atoms with Crippen molar-refractivity contribution >= 4 is 6.03 Å². The molecule has 2 atom stereocenters. The van der Waals surface area contributed by atoms with Crippen LogP contribution in [0.1, 0.15) is 49.2 Å². The number of nitrogens with one attached hydrogen (secondary N) is 1. The highest BCUT2D eigenvalue weighted by molar-refractivity contribution is 5.75. The van der Waals surface area contributed by atoms with E-state index in [0.717, 1.165) is 29.9 Å². The number of carbonyl (C=O) groups excluding carboxylic acids is 1. The predicted octanol–water partition coefficient (Wildman–Crippen LogP) is 4.53. The number of urea groups is 1. The van der Waals surface area contributed by atoms with Gasteiger partial charge in [-0.05, 0) is 36.5 Å². The van der Waals surface area contributed by atoms with E-state index in [9.17, 15) is 18.0 Å². The van der Waals surface area contributed by atoms with Crippen molar-refractivity contribution in [1.82, 2.24) is 19.8 Å². The Morgan fingerprint density at radius 3 is 2.47 bits per heavy atom. The van der Waals surface area contributed by atoms with Crippen LogP contribution >= 0.6 is 0 Å². The molecular formula is C24H31F3N4O3. The largest absolute Gasteiger partial charge is 0.573 e. The summed E-state index contributed by atoms with van der Waals surface area (Å²) >= 11 is 0. The summed E-state index contributed by atoms with van der Waals surface area (Å²) in [6, 6.07) is 5.92. The molecule has 1 N–H and O–H groups in total. The first-order valence-corrected chi connectivity index (χ1v) is 11.7. The van der Waals surface area contributed by atoms with Crippen LogP contribution in [-0.2, 0) is 11.2 Å². The first-order valence-electron chi connectivity index (χ1n) is 11.7. The van der Waals surface area contributed by atoms with Crippen LogP contribution in [0.25, 0.3) is 0 Å². The van der Waals surface area contributed by atoms with Gasteiger partial charge < -0.3 is 24.3 Å². The number of alkyl halides is 3. The number of H-pyrrole nitrogens is 1. The molecule has 1 aromatic carbocycles. The number of hydrogen-bond donors (Lipinski definition) is 1. The Hall–Kier alpha value is -2.75. The number of likely N-dealkylation sites (tertiary alicyclic amines) is 1. The number of halogens is 3. The van der Waals surface area contributed by atoms with Crippen LogP contribution in [0.3, 0.4) is 0 Å². The Kier molecular flexibility index (Phi) is 7.35. The molecule has 7 nitrogen and oxygen atoms in total. The van der Waals surface area contributed by atoms with E-state index in [0.29, 0.717) is 45.3 Å². The van der Waals surface area contributed by atoms with E-state index in [1.807, 2.05) is 11.1 Å². The fourth-order valence-corrected chi connectivity index (χ4v) is 4.72. The second-order valence-corrected chi connectivity index (χ2v) is 9.43. The number of imidazole rings is 1. The summed E-state index contributed by atoms with van der Waals surface area (Å²) in [5, 5.41) is 0. The fourth-order valence-electron chi connectivity index (χ4n) is 4.72. The third-order valence-corrected chi connectivity index (χ3v) is 6.25. The van der Waals surface area contributed by atoms with Crippen molar-refractivity contribution in [2.75, 3.05) is 39.4 Å². The number of aromatic amines is 1. The normalized spacial score (nSPS) is 21.7. The topological polar surface area (TPSA) is 70.7 Å². The number of rotatable bonds is 5. The zero-order valence-electron chi connectivity index (χ0n) is 19.5. The van der Waals surface area contributed by atoms with Gasteiger partial charge in [-0.15, -0.1) is 13.2 Å². The smallest absolute Gasteiger partial charge is 0.406 e. The summed E-state index contributed by atoms with van der Waals surface area (Å²) in [6.45, 7) is 7.45. The lowest BCUT2D eigenvalue weighted by Gasteiger charge is -2.40. The number of amides is 2. The Morgan fingerprint density at radius 2 is 1.82 bits per heavy atom. The van der Waals surface area contributed by atoms with Crippen molar-refractivity contribution in [3.8, 4) is 5.75 Å². The van der Waals surface area contributed by atoms with E-state index >= 15 is 0 Å². The first kappa shape index (κ1) is 24.4. The molecule has 34 heavy (non-hydrogen) atoms. The van der Waals surface area contributed by atoms with Crippen LogP contribution in [0.5, 0.6) is 5.75 Å². The molecule has 2 amide bonds. The van der Waals surface area contributed by atoms with Gasteiger partial charge in [0.15, 0.2) is 0 Å². The van der Waals surface area contributed by atoms with Crippen LogP contribution in [0.4, 0.5) is 18.0 Å². The molecule has 186 valence electrons. The first-order chi connectivity index (χ1) is 16.2. The maximum Gasteiger partial charge on any atom is 0.573 e. The quantitative estimate of drug-likeness (QED) is 0.683. The van der Waals surface area contributed by atoms with Gasteiger partial charge in [-0.25, -0.2) is 9.78 Å².